The van der Waals surface area contributed by atoms with E-state index in [2.05, 4.69) is 0 Å². The van der Waals surface area contributed by atoms with Crippen molar-refractivity contribution in [1.82, 2.24) is 9.80 Å². The molecule has 116 valence electrons. The topological polar surface area (TPSA) is 79.8 Å². The van der Waals surface area contributed by atoms with Crippen LogP contribution in [0.2, 0.25) is 0 Å². The van der Waals surface area contributed by atoms with Crippen LogP contribution in [0, 0.1) is 10.1 Å². The van der Waals surface area contributed by atoms with Crippen molar-refractivity contribution in [3.63, 3.8) is 0 Å². The third-order valence-corrected chi connectivity index (χ3v) is 3.10. The molecule has 2 rings (SSSR count). The van der Waals surface area contributed by atoms with Crippen LogP contribution in [0.3, 0.4) is 0 Å². The minimum atomic E-state index is -0.449. The van der Waals surface area contributed by atoms with Crippen LogP contribution in [0.15, 0.2) is 47.1 Å². The lowest BCUT2D eigenvalue weighted by atomic mass is 10.2. The van der Waals surface area contributed by atoms with E-state index in [-0.39, 0.29) is 11.7 Å². The van der Waals surface area contributed by atoms with E-state index >= 15 is 0 Å². The average molecular weight is 303 g/mol. The van der Waals surface area contributed by atoms with Gasteiger partial charge in [0.1, 0.15) is 5.76 Å². The van der Waals surface area contributed by atoms with Gasteiger partial charge in [0, 0.05) is 32.8 Å². The van der Waals surface area contributed by atoms with Crippen molar-refractivity contribution >= 4 is 11.7 Å². The first-order valence-electron chi connectivity index (χ1n) is 6.69. The van der Waals surface area contributed by atoms with Gasteiger partial charge in [0.15, 0.2) is 0 Å². The normalized spacial score (nSPS) is 10.3. The molecule has 0 fully saturated rings. The molecule has 22 heavy (non-hydrogen) atoms. The van der Waals surface area contributed by atoms with Gasteiger partial charge >= 0.3 is 6.03 Å². The number of non-ortho nitro benzene ring substituents is 1. The van der Waals surface area contributed by atoms with Crippen LogP contribution < -0.4 is 0 Å². The molecule has 0 unspecified atom stereocenters. The summed E-state index contributed by atoms with van der Waals surface area (Å²) in [4.78, 5) is 25.6. The van der Waals surface area contributed by atoms with Crippen molar-refractivity contribution in [1.29, 1.82) is 0 Å². The highest BCUT2D eigenvalue weighted by Gasteiger charge is 2.18. The zero-order chi connectivity index (χ0) is 16.1. The van der Waals surface area contributed by atoms with Gasteiger partial charge < -0.3 is 14.2 Å². The van der Waals surface area contributed by atoms with Crippen molar-refractivity contribution in [3.05, 3.63) is 64.1 Å². The van der Waals surface area contributed by atoms with E-state index in [1.165, 1.54) is 17.0 Å². The Labute approximate surface area is 127 Å². The first-order chi connectivity index (χ1) is 10.5. The summed E-state index contributed by atoms with van der Waals surface area (Å²) < 4.78 is 5.28. The third kappa shape index (κ3) is 3.85. The van der Waals surface area contributed by atoms with E-state index < -0.39 is 4.92 Å². The van der Waals surface area contributed by atoms with Gasteiger partial charge in [-0.1, -0.05) is 12.1 Å². The van der Waals surface area contributed by atoms with Gasteiger partial charge in [0.25, 0.3) is 5.69 Å². The summed E-state index contributed by atoms with van der Waals surface area (Å²) in [6.07, 6.45) is 1.56. The van der Waals surface area contributed by atoms with Crippen LogP contribution in [0.1, 0.15) is 11.3 Å². The van der Waals surface area contributed by atoms with Crippen molar-refractivity contribution in [2.24, 2.45) is 0 Å². The Hall–Kier alpha value is -2.83. The second-order valence-electron chi connectivity index (χ2n) is 5.04. The average Bonchev–Trinajstić information content (AvgIpc) is 2.99. The van der Waals surface area contributed by atoms with E-state index in [0.717, 1.165) is 5.56 Å². The predicted molar refractivity (Wildman–Crippen MR) is 80.1 cm³/mol. The summed E-state index contributed by atoms with van der Waals surface area (Å²) >= 11 is 0. The number of amides is 2. The summed E-state index contributed by atoms with van der Waals surface area (Å²) in [5.74, 6) is 0.678. The third-order valence-electron chi connectivity index (χ3n) is 3.10. The second-order valence-corrected chi connectivity index (χ2v) is 5.04. The second kappa shape index (κ2) is 6.75. The molecule has 1 aromatic heterocycles. The molecule has 1 heterocycles. The first-order valence-corrected chi connectivity index (χ1v) is 6.69. The number of rotatable bonds is 5. The Morgan fingerprint density at radius 1 is 1.18 bits per heavy atom. The highest BCUT2D eigenvalue weighted by atomic mass is 16.6. The number of nitro benzene ring substituents is 1. The Morgan fingerprint density at radius 3 is 2.36 bits per heavy atom. The molecule has 2 amide bonds. The van der Waals surface area contributed by atoms with Gasteiger partial charge in [-0.2, -0.15) is 0 Å². The van der Waals surface area contributed by atoms with Gasteiger partial charge in [-0.05, 0) is 17.7 Å². The number of nitrogens with zero attached hydrogens (tertiary/aromatic N) is 3. The van der Waals surface area contributed by atoms with E-state index in [0.29, 0.717) is 18.8 Å². The zero-order valence-electron chi connectivity index (χ0n) is 12.4. The quantitative estimate of drug-likeness (QED) is 0.628. The minimum Gasteiger partial charge on any atom is -0.467 e. The van der Waals surface area contributed by atoms with Crippen molar-refractivity contribution < 1.29 is 14.1 Å². The molecule has 0 N–H and O–H groups in total. The first kappa shape index (κ1) is 15.6. The van der Waals surface area contributed by atoms with Crippen LogP contribution in [0.4, 0.5) is 10.5 Å². The molecular formula is C15H17N3O4. The number of hydrogen-bond acceptors (Lipinski definition) is 4. The molecule has 0 aliphatic carbocycles. The molecule has 0 radical (unpaired) electrons. The van der Waals surface area contributed by atoms with Crippen LogP contribution in [0.5, 0.6) is 0 Å². The van der Waals surface area contributed by atoms with Crippen LogP contribution in [0.25, 0.3) is 0 Å². The molecule has 0 atom stereocenters. The van der Waals surface area contributed by atoms with Gasteiger partial charge in [-0.15, -0.1) is 0 Å². The minimum absolute atomic E-state index is 0.0280. The van der Waals surface area contributed by atoms with Gasteiger partial charge in [0.05, 0.1) is 17.7 Å². The molecular weight excluding hydrogens is 286 g/mol. The maximum Gasteiger partial charge on any atom is 0.320 e. The lowest BCUT2D eigenvalue weighted by Crippen LogP contribution is -2.38. The van der Waals surface area contributed by atoms with Crippen LogP contribution in [-0.2, 0) is 13.1 Å². The fraction of sp³-hybridized carbons (Fsp3) is 0.267. The largest absolute Gasteiger partial charge is 0.467 e. The molecule has 2 aromatic rings. The highest BCUT2D eigenvalue weighted by Crippen LogP contribution is 2.16. The van der Waals surface area contributed by atoms with E-state index in [4.69, 9.17) is 4.42 Å². The molecule has 0 spiro atoms. The summed E-state index contributed by atoms with van der Waals surface area (Å²) in [5, 5.41) is 10.7. The van der Waals surface area contributed by atoms with Gasteiger partial charge in [0.2, 0.25) is 0 Å². The van der Waals surface area contributed by atoms with E-state index in [1.54, 1.807) is 49.5 Å². The number of carbonyl (C=O) groups excluding carboxylic acids is 1. The van der Waals surface area contributed by atoms with Crippen molar-refractivity contribution in [3.8, 4) is 0 Å². The summed E-state index contributed by atoms with van der Waals surface area (Å²) in [7, 11) is 3.35. The zero-order valence-corrected chi connectivity index (χ0v) is 12.4. The smallest absolute Gasteiger partial charge is 0.320 e. The Bertz CT molecular complexity index is 635. The Morgan fingerprint density at radius 2 is 1.86 bits per heavy atom. The number of carbonyl (C=O) groups is 1. The molecule has 0 aliphatic rings. The lowest BCUT2D eigenvalue weighted by molar-refractivity contribution is -0.384. The Balaban J connectivity index is 2.14. The van der Waals surface area contributed by atoms with E-state index in [1.807, 2.05) is 0 Å². The number of benzene rings is 1. The van der Waals surface area contributed by atoms with E-state index in [9.17, 15) is 14.9 Å². The number of hydrogen-bond donors (Lipinski definition) is 0. The number of nitro groups is 1. The Kier molecular flexibility index (Phi) is 4.77. The number of furan rings is 1. The maximum absolute atomic E-state index is 12.3. The molecule has 0 saturated carbocycles. The fourth-order valence-electron chi connectivity index (χ4n) is 2.01. The molecule has 7 nitrogen and oxygen atoms in total. The van der Waals surface area contributed by atoms with Crippen LogP contribution >= 0.6 is 0 Å². The molecule has 1 aromatic carbocycles. The number of urea groups is 1. The maximum atomic E-state index is 12.3. The lowest BCUT2D eigenvalue weighted by Gasteiger charge is -2.25. The van der Waals surface area contributed by atoms with Gasteiger partial charge in [-0.25, -0.2) is 4.79 Å². The standard InChI is InChI=1S/C15H17N3O4/c1-16(2)15(19)17(11-14-4-3-9-22-14)10-12-5-7-13(8-6-12)18(20)21/h3-9H,10-11H2,1-2H3. The van der Waals surface area contributed by atoms with Crippen molar-refractivity contribution in [2.45, 2.75) is 13.1 Å². The monoisotopic (exact) mass is 303 g/mol. The van der Waals surface area contributed by atoms with Crippen molar-refractivity contribution in [2.75, 3.05) is 14.1 Å². The van der Waals surface area contributed by atoms with Crippen LogP contribution in [-0.4, -0.2) is 34.8 Å². The molecule has 7 heteroatoms. The summed E-state index contributed by atoms with van der Waals surface area (Å²) in [6.45, 7) is 0.677. The molecule has 0 saturated heterocycles. The highest BCUT2D eigenvalue weighted by molar-refractivity contribution is 5.73. The molecule has 0 aliphatic heterocycles. The summed E-state index contributed by atoms with van der Waals surface area (Å²) in [5.41, 5.74) is 0.840. The summed E-state index contributed by atoms with van der Waals surface area (Å²) in [6, 6.07) is 9.56. The fourth-order valence-corrected chi connectivity index (χ4v) is 2.01. The van der Waals surface area contributed by atoms with Gasteiger partial charge in [-0.3, -0.25) is 10.1 Å². The SMILES string of the molecule is CN(C)C(=O)N(Cc1ccc([N+](=O)[O-])cc1)Cc1ccco1. The molecule has 0 bridgehead atoms. The predicted octanol–water partition coefficient (Wildman–Crippen LogP) is 2.87.